The molecule has 2 aliphatic rings. The number of anilines is 2. The predicted octanol–water partition coefficient (Wildman–Crippen LogP) is 3.38. The number of ether oxygens (including phenoxy) is 1. The lowest BCUT2D eigenvalue weighted by Gasteiger charge is -2.19. The Morgan fingerprint density at radius 1 is 1.14 bits per heavy atom. The van der Waals surface area contributed by atoms with E-state index in [1.807, 2.05) is 35.7 Å². The van der Waals surface area contributed by atoms with Gasteiger partial charge in [-0.25, -0.2) is 18.4 Å². The van der Waals surface area contributed by atoms with Gasteiger partial charge in [-0.15, -0.1) is 11.3 Å². The lowest BCUT2D eigenvalue weighted by molar-refractivity contribution is 0.216. The molecule has 7 nitrogen and oxygen atoms in total. The zero-order chi connectivity index (χ0) is 19.1. The van der Waals surface area contributed by atoms with E-state index in [1.165, 1.54) is 0 Å². The van der Waals surface area contributed by atoms with Gasteiger partial charge in [-0.2, -0.15) is 4.31 Å². The molecule has 1 atom stereocenters. The van der Waals surface area contributed by atoms with Gasteiger partial charge in [0.25, 0.3) is 0 Å². The van der Waals surface area contributed by atoms with Crippen molar-refractivity contribution < 1.29 is 13.2 Å². The third-order valence-electron chi connectivity index (χ3n) is 5.11. The number of sulfonamides is 1. The molecule has 0 spiro atoms. The molecular weight excluding hydrogens is 396 g/mol. The van der Waals surface area contributed by atoms with E-state index < -0.39 is 10.0 Å². The Morgan fingerprint density at radius 2 is 2.00 bits per heavy atom. The third kappa shape index (κ3) is 3.34. The van der Waals surface area contributed by atoms with Gasteiger partial charge in [0.05, 0.1) is 22.9 Å². The molecule has 1 aliphatic heterocycles. The molecule has 0 radical (unpaired) electrons. The standard InChI is InChI=1S/C19H20N4O3S2/c24-28(25,14-5-6-14)23-9-7-13(11-23)26-17-4-2-1-3-16(17)22-18-15-8-10-27-19(15)21-12-20-18/h1-4,8,10,12-14H,5-7,9,11H2,(H,20,21,22). The van der Waals surface area contributed by atoms with Gasteiger partial charge in [0.1, 0.15) is 28.8 Å². The summed E-state index contributed by atoms with van der Waals surface area (Å²) in [6.07, 6.45) is 3.66. The van der Waals surface area contributed by atoms with Crippen molar-refractivity contribution in [3.8, 4) is 5.75 Å². The van der Waals surface area contributed by atoms with E-state index >= 15 is 0 Å². The number of hydrogen-bond acceptors (Lipinski definition) is 7. The Balaban J connectivity index is 1.34. The minimum atomic E-state index is -3.15. The summed E-state index contributed by atoms with van der Waals surface area (Å²) < 4.78 is 32.7. The molecule has 5 rings (SSSR count). The number of aromatic nitrogens is 2. The number of thiophene rings is 1. The first kappa shape index (κ1) is 17.8. The summed E-state index contributed by atoms with van der Waals surface area (Å²) in [6, 6.07) is 9.66. The average molecular weight is 417 g/mol. The number of benzene rings is 1. The van der Waals surface area contributed by atoms with Gasteiger partial charge < -0.3 is 10.1 Å². The number of fused-ring (bicyclic) bond motifs is 1. The summed E-state index contributed by atoms with van der Waals surface area (Å²) in [7, 11) is -3.15. The number of nitrogens with one attached hydrogen (secondary N) is 1. The molecule has 3 aromatic rings. The van der Waals surface area contributed by atoms with E-state index in [1.54, 1.807) is 22.0 Å². The lowest BCUT2D eigenvalue weighted by atomic mass is 10.2. The largest absolute Gasteiger partial charge is 0.487 e. The van der Waals surface area contributed by atoms with Crippen LogP contribution >= 0.6 is 11.3 Å². The quantitative estimate of drug-likeness (QED) is 0.663. The van der Waals surface area contributed by atoms with Gasteiger partial charge in [-0.3, -0.25) is 0 Å². The van der Waals surface area contributed by atoms with Crippen LogP contribution in [0.5, 0.6) is 5.75 Å². The van der Waals surface area contributed by atoms with E-state index in [0.29, 0.717) is 25.3 Å². The first-order chi connectivity index (χ1) is 13.6. The van der Waals surface area contributed by atoms with Gasteiger partial charge in [0.2, 0.25) is 10.0 Å². The number of hydrogen-bond donors (Lipinski definition) is 1. The molecule has 3 heterocycles. The molecule has 2 fully saturated rings. The van der Waals surface area contributed by atoms with Crippen molar-refractivity contribution in [3.63, 3.8) is 0 Å². The highest BCUT2D eigenvalue weighted by molar-refractivity contribution is 7.90. The first-order valence-corrected chi connectivity index (χ1v) is 11.7. The second kappa shape index (κ2) is 6.98. The Hall–Kier alpha value is -2.23. The topological polar surface area (TPSA) is 84.4 Å². The van der Waals surface area contributed by atoms with Crippen LogP contribution in [-0.2, 0) is 10.0 Å². The fourth-order valence-corrected chi connectivity index (χ4v) is 6.09. The predicted molar refractivity (Wildman–Crippen MR) is 110 cm³/mol. The summed E-state index contributed by atoms with van der Waals surface area (Å²) >= 11 is 1.57. The second-order valence-corrected chi connectivity index (χ2v) is 10.2. The fourth-order valence-electron chi connectivity index (χ4n) is 3.47. The van der Waals surface area contributed by atoms with E-state index in [2.05, 4.69) is 15.3 Å². The number of nitrogens with zero attached hydrogens (tertiary/aromatic N) is 3. The van der Waals surface area contributed by atoms with Gasteiger partial charge in [-0.05, 0) is 42.8 Å². The van der Waals surface area contributed by atoms with Crippen LogP contribution in [0.3, 0.4) is 0 Å². The van der Waals surface area contributed by atoms with Gasteiger partial charge >= 0.3 is 0 Å². The average Bonchev–Trinajstić information content (AvgIpc) is 3.26. The van der Waals surface area contributed by atoms with Crippen LogP contribution in [0.2, 0.25) is 0 Å². The van der Waals surface area contributed by atoms with Crippen molar-refractivity contribution >= 4 is 43.1 Å². The lowest BCUT2D eigenvalue weighted by Crippen LogP contribution is -2.33. The van der Waals surface area contributed by atoms with Crippen LogP contribution in [-0.4, -0.2) is 47.1 Å². The monoisotopic (exact) mass is 416 g/mol. The van der Waals surface area contributed by atoms with Crippen LogP contribution in [0.15, 0.2) is 42.0 Å². The van der Waals surface area contributed by atoms with Crippen molar-refractivity contribution in [2.45, 2.75) is 30.6 Å². The summed E-state index contributed by atoms with van der Waals surface area (Å²) in [5, 5.41) is 6.12. The normalized spacial score (nSPS) is 20.5. The van der Waals surface area contributed by atoms with Crippen LogP contribution in [0.4, 0.5) is 11.5 Å². The number of rotatable bonds is 6. The highest BCUT2D eigenvalue weighted by Gasteiger charge is 2.43. The van der Waals surface area contributed by atoms with E-state index in [9.17, 15) is 8.42 Å². The Kier molecular flexibility index (Phi) is 4.45. The van der Waals surface area contributed by atoms with Crippen molar-refractivity contribution in [2.75, 3.05) is 18.4 Å². The molecule has 1 aromatic carbocycles. The second-order valence-electron chi connectivity index (χ2n) is 7.11. The summed E-state index contributed by atoms with van der Waals surface area (Å²) in [4.78, 5) is 9.56. The molecule has 1 N–H and O–H groups in total. The maximum atomic E-state index is 12.4. The molecule has 1 saturated heterocycles. The molecule has 0 amide bonds. The minimum Gasteiger partial charge on any atom is -0.487 e. The maximum Gasteiger partial charge on any atom is 0.217 e. The van der Waals surface area contributed by atoms with Crippen LogP contribution in [0, 0.1) is 0 Å². The van der Waals surface area contributed by atoms with E-state index in [0.717, 1.165) is 34.6 Å². The van der Waals surface area contributed by atoms with Crippen molar-refractivity contribution in [3.05, 3.63) is 42.0 Å². The van der Waals surface area contributed by atoms with E-state index in [4.69, 9.17) is 4.74 Å². The Labute approximate surface area is 167 Å². The zero-order valence-corrected chi connectivity index (χ0v) is 16.7. The molecule has 1 unspecified atom stereocenters. The molecule has 146 valence electrons. The van der Waals surface area contributed by atoms with Crippen LogP contribution in [0.1, 0.15) is 19.3 Å². The maximum absolute atomic E-state index is 12.4. The summed E-state index contributed by atoms with van der Waals surface area (Å²) in [5.41, 5.74) is 0.803. The van der Waals surface area contributed by atoms with Gasteiger partial charge in [0.15, 0.2) is 0 Å². The van der Waals surface area contributed by atoms with Crippen molar-refractivity contribution in [1.29, 1.82) is 0 Å². The molecule has 28 heavy (non-hydrogen) atoms. The SMILES string of the molecule is O=S(=O)(C1CC1)N1CCC(Oc2ccccc2Nc2ncnc3sccc23)C1. The highest BCUT2D eigenvalue weighted by Crippen LogP contribution is 2.35. The molecule has 0 bridgehead atoms. The third-order valence-corrected chi connectivity index (χ3v) is 8.29. The molecular formula is C19H20N4O3S2. The minimum absolute atomic E-state index is 0.150. The molecule has 9 heteroatoms. The van der Waals surface area contributed by atoms with Crippen molar-refractivity contribution in [2.24, 2.45) is 0 Å². The Morgan fingerprint density at radius 3 is 2.86 bits per heavy atom. The van der Waals surface area contributed by atoms with Gasteiger partial charge in [0, 0.05) is 6.54 Å². The smallest absolute Gasteiger partial charge is 0.217 e. The molecule has 1 aliphatic carbocycles. The summed E-state index contributed by atoms with van der Waals surface area (Å²) in [5.74, 6) is 1.42. The fraction of sp³-hybridized carbons (Fsp3) is 0.368. The van der Waals surface area contributed by atoms with E-state index in [-0.39, 0.29) is 11.4 Å². The first-order valence-electron chi connectivity index (χ1n) is 9.31. The Bertz CT molecular complexity index is 1110. The summed E-state index contributed by atoms with van der Waals surface area (Å²) in [6.45, 7) is 0.940. The molecule has 1 saturated carbocycles. The van der Waals surface area contributed by atoms with Gasteiger partial charge in [-0.1, -0.05) is 12.1 Å². The highest BCUT2D eigenvalue weighted by atomic mass is 32.2. The zero-order valence-electron chi connectivity index (χ0n) is 15.1. The van der Waals surface area contributed by atoms with Crippen molar-refractivity contribution in [1.82, 2.24) is 14.3 Å². The molecule has 2 aromatic heterocycles. The number of para-hydroxylation sites is 2. The van der Waals surface area contributed by atoms with Crippen LogP contribution < -0.4 is 10.1 Å². The van der Waals surface area contributed by atoms with Crippen LogP contribution in [0.25, 0.3) is 10.2 Å².